The van der Waals surface area contributed by atoms with Gasteiger partial charge in [-0.2, -0.15) is 0 Å². The maximum Gasteiger partial charge on any atom is 0.283 e. The number of Topliss-reactive ketones (excluding diaryl/α,β-unsaturated/α-hetero) is 1. The Morgan fingerprint density at radius 3 is 2.15 bits per heavy atom. The van der Waals surface area contributed by atoms with Crippen LogP contribution in [-0.4, -0.2) is 23.5 Å². The van der Waals surface area contributed by atoms with E-state index in [4.69, 9.17) is 11.6 Å². The lowest BCUT2D eigenvalue weighted by atomic mass is 10.1. The molecule has 3 amide bonds. The van der Waals surface area contributed by atoms with Crippen LogP contribution in [0.5, 0.6) is 0 Å². The van der Waals surface area contributed by atoms with Gasteiger partial charge >= 0.3 is 0 Å². The van der Waals surface area contributed by atoms with Crippen LogP contribution < -0.4 is 15.5 Å². The number of amides is 3. The number of nitrogens with zero attached hydrogens (tertiary/aromatic N) is 1. The number of anilines is 3. The lowest BCUT2D eigenvalue weighted by Gasteiger charge is -2.15. The fraction of sp³-hybridized carbons (Fsp3) is 0.0400. The number of ketones is 1. The normalized spacial score (nSPS) is 13.3. The van der Waals surface area contributed by atoms with Gasteiger partial charge in [-0.3, -0.25) is 19.2 Å². The largest absolute Gasteiger partial charge is 0.350 e. The van der Waals surface area contributed by atoms with Crippen LogP contribution in [-0.2, 0) is 9.59 Å². The summed E-state index contributed by atoms with van der Waals surface area (Å²) in [6, 6.07) is 19.7. The van der Waals surface area contributed by atoms with Gasteiger partial charge in [0.05, 0.1) is 5.69 Å². The third kappa shape index (κ3) is 4.78. The van der Waals surface area contributed by atoms with Crippen LogP contribution in [0.4, 0.5) is 17.1 Å². The van der Waals surface area contributed by atoms with E-state index in [1.165, 1.54) is 13.0 Å². The first kappa shape index (κ1) is 23.4. The summed E-state index contributed by atoms with van der Waals surface area (Å²) in [5, 5.41) is 5.36. The van der Waals surface area contributed by atoms with Gasteiger partial charge in [-0.25, -0.2) is 4.90 Å². The maximum atomic E-state index is 12.9. The Morgan fingerprint density at radius 2 is 1.47 bits per heavy atom. The van der Waals surface area contributed by atoms with Crippen molar-refractivity contribution in [3.05, 3.63) is 99.1 Å². The van der Waals surface area contributed by atoms with Crippen molar-refractivity contribution < 1.29 is 19.2 Å². The van der Waals surface area contributed by atoms with Gasteiger partial charge in [0.1, 0.15) is 10.7 Å². The first-order valence-corrected chi connectivity index (χ1v) is 11.3. The van der Waals surface area contributed by atoms with Crippen LogP contribution in [0, 0.1) is 0 Å². The Hall–Kier alpha value is -3.75. The molecule has 3 aromatic rings. The minimum absolute atomic E-state index is 0.0821. The zero-order chi connectivity index (χ0) is 24.4. The number of carbonyl (C=O) groups excluding carboxylic acids is 4. The number of imide groups is 1. The summed E-state index contributed by atoms with van der Waals surface area (Å²) in [6.07, 6.45) is 0. The molecule has 34 heavy (non-hydrogen) atoms. The highest BCUT2D eigenvalue weighted by molar-refractivity contribution is 9.10. The topological polar surface area (TPSA) is 95.6 Å². The monoisotopic (exact) mass is 537 g/mol. The molecule has 0 aliphatic carbocycles. The Labute approximate surface area is 208 Å². The Bertz CT molecular complexity index is 1370. The average molecular weight is 539 g/mol. The summed E-state index contributed by atoms with van der Waals surface area (Å²) >= 11 is 9.50. The molecule has 0 aromatic heterocycles. The smallest absolute Gasteiger partial charge is 0.283 e. The summed E-state index contributed by atoms with van der Waals surface area (Å²) < 4.78 is 0.802. The third-order valence-corrected chi connectivity index (χ3v) is 5.91. The lowest BCUT2D eigenvalue weighted by Crippen LogP contribution is -2.32. The molecule has 4 rings (SSSR count). The average Bonchev–Trinajstić information content (AvgIpc) is 3.03. The van der Waals surface area contributed by atoms with Crippen LogP contribution >= 0.6 is 27.5 Å². The Balaban J connectivity index is 1.53. The maximum absolute atomic E-state index is 12.9. The molecule has 1 heterocycles. The molecule has 7 nitrogen and oxygen atoms in total. The quantitative estimate of drug-likeness (QED) is 0.326. The van der Waals surface area contributed by atoms with Crippen molar-refractivity contribution in [2.75, 3.05) is 15.5 Å². The van der Waals surface area contributed by atoms with Crippen molar-refractivity contribution in [1.29, 1.82) is 0 Å². The molecule has 0 atom stereocenters. The summed E-state index contributed by atoms with van der Waals surface area (Å²) in [5.74, 6) is -1.76. The van der Waals surface area contributed by atoms with Crippen LogP contribution in [0.3, 0.4) is 0 Å². The fourth-order valence-electron chi connectivity index (χ4n) is 3.34. The molecule has 9 heteroatoms. The zero-order valence-electron chi connectivity index (χ0n) is 17.8. The second-order valence-electron chi connectivity index (χ2n) is 7.41. The van der Waals surface area contributed by atoms with Crippen LogP contribution in [0.2, 0.25) is 0 Å². The lowest BCUT2D eigenvalue weighted by molar-refractivity contribution is -0.120. The van der Waals surface area contributed by atoms with E-state index in [1.807, 2.05) is 0 Å². The molecule has 1 aliphatic heterocycles. The Morgan fingerprint density at radius 1 is 0.853 bits per heavy atom. The molecule has 0 bridgehead atoms. The highest BCUT2D eigenvalue weighted by Gasteiger charge is 2.39. The van der Waals surface area contributed by atoms with E-state index in [9.17, 15) is 19.2 Å². The van der Waals surface area contributed by atoms with Gasteiger partial charge in [-0.1, -0.05) is 45.7 Å². The molecule has 1 aliphatic rings. The minimum atomic E-state index is -0.643. The first-order valence-electron chi connectivity index (χ1n) is 10.1. The molecule has 0 unspecified atom stereocenters. The third-order valence-electron chi connectivity index (χ3n) is 5.03. The van der Waals surface area contributed by atoms with Gasteiger partial charge in [-0.05, 0) is 61.5 Å². The van der Waals surface area contributed by atoms with Gasteiger partial charge in [0.2, 0.25) is 0 Å². The highest BCUT2D eigenvalue weighted by atomic mass is 79.9. The van der Waals surface area contributed by atoms with Crippen molar-refractivity contribution in [3.8, 4) is 0 Å². The van der Waals surface area contributed by atoms with Gasteiger partial charge in [0.15, 0.2) is 5.78 Å². The number of hydrogen-bond donors (Lipinski definition) is 2. The molecular weight excluding hydrogens is 522 g/mol. The minimum Gasteiger partial charge on any atom is -0.350 e. The van der Waals surface area contributed by atoms with Crippen LogP contribution in [0.1, 0.15) is 27.6 Å². The molecule has 0 radical (unpaired) electrons. The van der Waals surface area contributed by atoms with Gasteiger partial charge in [0, 0.05) is 27.0 Å². The number of benzene rings is 3. The van der Waals surface area contributed by atoms with Crippen molar-refractivity contribution in [3.63, 3.8) is 0 Å². The van der Waals surface area contributed by atoms with E-state index in [2.05, 4.69) is 26.6 Å². The molecule has 2 N–H and O–H groups in total. The standard InChI is InChI=1S/C25H17BrClN3O4/c1-14(31)15-4-2-7-19(12-15)29-23(32)16-5-3-6-18(13-16)28-22-21(27)24(33)30(25(22)34)20-10-8-17(26)9-11-20/h2-13,28H,1H3,(H,29,32). The van der Waals surface area contributed by atoms with Crippen molar-refractivity contribution in [1.82, 2.24) is 0 Å². The van der Waals surface area contributed by atoms with E-state index in [0.29, 0.717) is 28.2 Å². The van der Waals surface area contributed by atoms with Gasteiger partial charge < -0.3 is 10.6 Å². The van der Waals surface area contributed by atoms with Gasteiger partial charge in [0.25, 0.3) is 17.7 Å². The Kier molecular flexibility index (Phi) is 6.63. The second kappa shape index (κ2) is 9.62. The van der Waals surface area contributed by atoms with Crippen molar-refractivity contribution in [2.45, 2.75) is 6.92 Å². The number of halogens is 2. The van der Waals surface area contributed by atoms with Gasteiger partial charge in [-0.15, -0.1) is 0 Å². The van der Waals surface area contributed by atoms with E-state index in [-0.39, 0.29) is 16.5 Å². The molecular formula is C25H17BrClN3O4. The van der Waals surface area contributed by atoms with E-state index in [1.54, 1.807) is 66.7 Å². The number of nitrogens with one attached hydrogen (secondary N) is 2. The summed E-state index contributed by atoms with van der Waals surface area (Å²) in [5.41, 5.74) is 1.96. The van der Waals surface area contributed by atoms with Crippen molar-refractivity contribution in [2.24, 2.45) is 0 Å². The molecule has 0 fully saturated rings. The van der Waals surface area contributed by atoms with E-state index in [0.717, 1.165) is 9.37 Å². The summed E-state index contributed by atoms with van der Waals surface area (Å²) in [7, 11) is 0. The molecule has 0 spiro atoms. The number of hydrogen-bond acceptors (Lipinski definition) is 5. The summed E-state index contributed by atoms with van der Waals surface area (Å²) in [6.45, 7) is 1.45. The van der Waals surface area contributed by atoms with E-state index >= 15 is 0 Å². The molecule has 3 aromatic carbocycles. The summed E-state index contributed by atoms with van der Waals surface area (Å²) in [4.78, 5) is 50.9. The predicted molar refractivity (Wildman–Crippen MR) is 134 cm³/mol. The van der Waals surface area contributed by atoms with E-state index < -0.39 is 17.7 Å². The van der Waals surface area contributed by atoms with Crippen LogP contribution in [0.15, 0.2) is 88.0 Å². The molecule has 0 saturated heterocycles. The highest BCUT2D eigenvalue weighted by Crippen LogP contribution is 2.31. The van der Waals surface area contributed by atoms with Crippen LogP contribution in [0.25, 0.3) is 0 Å². The zero-order valence-corrected chi connectivity index (χ0v) is 20.1. The molecule has 170 valence electrons. The first-order chi connectivity index (χ1) is 16.2. The fourth-order valence-corrected chi connectivity index (χ4v) is 3.81. The molecule has 0 saturated carbocycles. The second-order valence-corrected chi connectivity index (χ2v) is 8.70. The predicted octanol–water partition coefficient (Wildman–Crippen LogP) is 5.34. The number of carbonyl (C=O) groups is 4. The number of rotatable bonds is 6. The SMILES string of the molecule is CC(=O)c1cccc(NC(=O)c2cccc(NC3=C(Cl)C(=O)N(c4ccc(Br)cc4)C3=O)c2)c1. The van der Waals surface area contributed by atoms with Crippen molar-refractivity contribution >= 4 is 68.1 Å².